The van der Waals surface area contributed by atoms with Crippen molar-refractivity contribution in [2.75, 3.05) is 20.2 Å². The number of rotatable bonds is 3. The van der Waals surface area contributed by atoms with E-state index in [1.165, 1.54) is 11.4 Å². The van der Waals surface area contributed by atoms with Gasteiger partial charge in [-0.05, 0) is 61.7 Å². The first kappa shape index (κ1) is 22.1. The lowest BCUT2D eigenvalue weighted by Crippen LogP contribution is -2.52. The van der Waals surface area contributed by atoms with E-state index >= 15 is 0 Å². The molecule has 0 aromatic heterocycles. The van der Waals surface area contributed by atoms with Crippen molar-refractivity contribution in [3.05, 3.63) is 51.5 Å². The van der Waals surface area contributed by atoms with Gasteiger partial charge in [0.05, 0.1) is 19.1 Å². The fourth-order valence-electron chi connectivity index (χ4n) is 4.29. The van der Waals surface area contributed by atoms with Gasteiger partial charge in [0.15, 0.2) is 5.78 Å². The van der Waals surface area contributed by atoms with Gasteiger partial charge in [-0.1, -0.05) is 11.6 Å². The number of benzene rings is 2. The molecule has 1 spiro atoms. The molecule has 1 fully saturated rings. The van der Waals surface area contributed by atoms with Gasteiger partial charge in [0.25, 0.3) is 0 Å². The first-order valence-corrected chi connectivity index (χ1v) is 12.1. The average molecular weight is 464 g/mol. The van der Waals surface area contributed by atoms with Gasteiger partial charge >= 0.3 is 0 Å². The van der Waals surface area contributed by atoms with Crippen LogP contribution in [0.2, 0.25) is 5.02 Å². The third-order valence-corrected chi connectivity index (χ3v) is 8.73. The number of piperidine rings is 1. The highest BCUT2D eigenvalue weighted by Gasteiger charge is 2.45. The van der Waals surface area contributed by atoms with Crippen molar-refractivity contribution < 1.29 is 22.7 Å². The molecule has 0 atom stereocenters. The number of halogens is 1. The third-order valence-electron chi connectivity index (χ3n) is 6.40. The zero-order valence-electron chi connectivity index (χ0n) is 18.1. The monoisotopic (exact) mass is 463 g/mol. The highest BCUT2D eigenvalue weighted by atomic mass is 35.5. The van der Waals surface area contributed by atoms with Crippen LogP contribution in [0.25, 0.3) is 0 Å². The summed E-state index contributed by atoms with van der Waals surface area (Å²) in [6, 6.07) is 6.87. The quantitative estimate of drug-likeness (QED) is 0.671. The number of aryl methyl sites for hydroxylation is 3. The molecule has 0 unspecified atom stereocenters. The Hall–Kier alpha value is -2.09. The summed E-state index contributed by atoms with van der Waals surface area (Å²) in [5.41, 5.74) is 2.50. The minimum absolute atomic E-state index is 0.0183. The van der Waals surface area contributed by atoms with E-state index in [0.717, 1.165) is 16.7 Å². The van der Waals surface area contributed by atoms with Crippen molar-refractivity contribution in [1.29, 1.82) is 0 Å². The summed E-state index contributed by atoms with van der Waals surface area (Å²) in [7, 11) is -2.26. The Kier molecular flexibility index (Phi) is 5.56. The van der Waals surface area contributed by atoms with Crippen LogP contribution in [0.4, 0.5) is 0 Å². The van der Waals surface area contributed by atoms with Crippen molar-refractivity contribution in [3.8, 4) is 11.5 Å². The molecule has 0 saturated carbocycles. The number of ketones is 1. The van der Waals surface area contributed by atoms with Gasteiger partial charge < -0.3 is 9.47 Å². The topological polar surface area (TPSA) is 72.9 Å². The van der Waals surface area contributed by atoms with Crippen LogP contribution in [0, 0.1) is 20.8 Å². The van der Waals surface area contributed by atoms with E-state index in [1.807, 2.05) is 20.8 Å². The zero-order chi connectivity index (χ0) is 22.6. The highest BCUT2D eigenvalue weighted by Crippen LogP contribution is 2.42. The Balaban J connectivity index is 1.58. The Morgan fingerprint density at radius 2 is 1.68 bits per heavy atom. The van der Waals surface area contributed by atoms with Gasteiger partial charge in [0.2, 0.25) is 10.0 Å². The van der Waals surface area contributed by atoms with E-state index < -0.39 is 15.6 Å². The van der Waals surface area contributed by atoms with Crippen LogP contribution in [-0.2, 0) is 10.0 Å². The summed E-state index contributed by atoms with van der Waals surface area (Å²) in [5, 5.41) is 0.537. The minimum Gasteiger partial charge on any atom is -0.495 e. The second-order valence-electron chi connectivity index (χ2n) is 8.47. The van der Waals surface area contributed by atoms with E-state index in [0.29, 0.717) is 34.9 Å². The van der Waals surface area contributed by atoms with Gasteiger partial charge in [-0.3, -0.25) is 4.79 Å². The molecule has 2 heterocycles. The number of carbonyl (C=O) groups is 1. The molecule has 31 heavy (non-hydrogen) atoms. The molecule has 0 bridgehead atoms. The van der Waals surface area contributed by atoms with Crippen LogP contribution in [0.1, 0.15) is 46.3 Å². The summed E-state index contributed by atoms with van der Waals surface area (Å²) in [5.74, 6) is 0.856. The van der Waals surface area contributed by atoms with Crippen molar-refractivity contribution in [2.45, 2.75) is 50.5 Å². The summed E-state index contributed by atoms with van der Waals surface area (Å²) in [6.45, 7) is 6.21. The molecule has 166 valence electrons. The van der Waals surface area contributed by atoms with Crippen LogP contribution in [0.3, 0.4) is 0 Å². The molecule has 2 aromatic rings. The van der Waals surface area contributed by atoms with Crippen LogP contribution in [0.5, 0.6) is 11.5 Å². The molecule has 4 rings (SSSR count). The Morgan fingerprint density at radius 1 is 1.03 bits per heavy atom. The maximum atomic E-state index is 13.4. The lowest BCUT2D eigenvalue weighted by atomic mass is 9.83. The molecular weight excluding hydrogens is 438 g/mol. The summed E-state index contributed by atoms with van der Waals surface area (Å²) in [4.78, 5) is 13.0. The summed E-state index contributed by atoms with van der Waals surface area (Å²) in [6.07, 6.45) is 1.10. The van der Waals surface area contributed by atoms with Crippen molar-refractivity contribution in [3.63, 3.8) is 0 Å². The van der Waals surface area contributed by atoms with Crippen molar-refractivity contribution in [2.24, 2.45) is 0 Å². The molecule has 2 aromatic carbocycles. The van der Waals surface area contributed by atoms with Crippen LogP contribution < -0.4 is 9.47 Å². The molecule has 0 N–H and O–H groups in total. The average Bonchev–Trinajstić information content (AvgIpc) is 2.71. The number of hydrogen-bond acceptors (Lipinski definition) is 5. The molecule has 8 heteroatoms. The summed E-state index contributed by atoms with van der Waals surface area (Å²) < 4.78 is 39.8. The van der Waals surface area contributed by atoms with Crippen molar-refractivity contribution >= 4 is 27.4 Å². The van der Waals surface area contributed by atoms with Crippen LogP contribution >= 0.6 is 11.6 Å². The second-order valence-corrected chi connectivity index (χ2v) is 10.8. The van der Waals surface area contributed by atoms with Crippen LogP contribution in [-0.4, -0.2) is 44.3 Å². The number of ether oxygens (including phenoxy) is 2. The predicted molar refractivity (Wildman–Crippen MR) is 119 cm³/mol. The standard InChI is InChI=1S/C23H26ClNO5S/c1-14-9-21(29-4)22(11-15(14)2)31(27,28)25-7-5-23(6-8-25)13-19(26)17-12-18(24)16(3)10-20(17)30-23/h9-12H,5-8,13H2,1-4H3. The number of Topliss-reactive ketones (excluding diaryl/α,β-unsaturated/α-hetero) is 1. The van der Waals surface area contributed by atoms with Gasteiger partial charge in [-0.2, -0.15) is 4.31 Å². The predicted octanol–water partition coefficient (Wildman–Crippen LogP) is 4.46. The first-order chi connectivity index (χ1) is 14.6. The number of nitrogens with zero attached hydrogens (tertiary/aromatic N) is 1. The number of methoxy groups -OCH3 is 1. The Morgan fingerprint density at radius 3 is 2.32 bits per heavy atom. The largest absolute Gasteiger partial charge is 0.495 e. The van der Waals surface area contributed by atoms with Gasteiger partial charge in [0, 0.05) is 31.0 Å². The minimum atomic E-state index is -3.74. The molecule has 0 amide bonds. The van der Waals surface area contributed by atoms with E-state index in [9.17, 15) is 13.2 Å². The summed E-state index contributed by atoms with van der Waals surface area (Å²) >= 11 is 6.17. The Bertz CT molecular complexity index is 1170. The van der Waals surface area contributed by atoms with Gasteiger partial charge in [0.1, 0.15) is 22.0 Å². The van der Waals surface area contributed by atoms with E-state index in [2.05, 4.69) is 0 Å². The molecule has 0 aliphatic carbocycles. The SMILES string of the molecule is COc1cc(C)c(C)cc1S(=O)(=O)N1CCC2(CC1)CC(=O)c1cc(Cl)c(C)cc1O2. The fourth-order valence-corrected chi connectivity index (χ4v) is 6.12. The Labute approximate surface area is 188 Å². The van der Waals surface area contributed by atoms with E-state index in [1.54, 1.807) is 24.3 Å². The number of hydrogen-bond donors (Lipinski definition) is 0. The molecular formula is C23H26ClNO5S. The molecule has 2 aliphatic rings. The molecule has 1 saturated heterocycles. The van der Waals surface area contributed by atoms with E-state index in [-0.39, 0.29) is 30.2 Å². The maximum absolute atomic E-state index is 13.4. The highest BCUT2D eigenvalue weighted by molar-refractivity contribution is 7.89. The normalized spacial score (nSPS) is 18.5. The maximum Gasteiger partial charge on any atom is 0.246 e. The number of sulfonamides is 1. The van der Waals surface area contributed by atoms with E-state index in [4.69, 9.17) is 21.1 Å². The zero-order valence-corrected chi connectivity index (χ0v) is 19.7. The van der Waals surface area contributed by atoms with Crippen LogP contribution in [0.15, 0.2) is 29.2 Å². The smallest absolute Gasteiger partial charge is 0.246 e. The van der Waals surface area contributed by atoms with Crippen molar-refractivity contribution in [1.82, 2.24) is 4.31 Å². The molecule has 6 nitrogen and oxygen atoms in total. The first-order valence-electron chi connectivity index (χ1n) is 10.2. The third kappa shape index (κ3) is 3.83. The molecule has 2 aliphatic heterocycles. The second kappa shape index (κ2) is 7.80. The number of fused-ring (bicyclic) bond motifs is 1. The lowest BCUT2D eigenvalue weighted by Gasteiger charge is -2.43. The lowest BCUT2D eigenvalue weighted by molar-refractivity contribution is 0.00587. The van der Waals surface area contributed by atoms with Gasteiger partial charge in [-0.25, -0.2) is 8.42 Å². The van der Waals surface area contributed by atoms with Gasteiger partial charge in [-0.15, -0.1) is 0 Å². The number of carbonyl (C=O) groups excluding carboxylic acids is 1. The fraction of sp³-hybridized carbons (Fsp3) is 0.435. The molecule has 0 radical (unpaired) electrons.